The van der Waals surface area contributed by atoms with Crippen molar-refractivity contribution in [3.05, 3.63) is 58.0 Å². The molecular formula is C21H28N4O4. The third-order valence-corrected chi connectivity index (χ3v) is 5.33. The molecule has 1 aliphatic rings. The summed E-state index contributed by atoms with van der Waals surface area (Å²) in [6.07, 6.45) is 5.94. The quantitative estimate of drug-likeness (QED) is 0.564. The molecule has 3 rings (SSSR count). The van der Waals surface area contributed by atoms with Gasteiger partial charge >= 0.3 is 0 Å². The van der Waals surface area contributed by atoms with Gasteiger partial charge in [0.25, 0.3) is 11.6 Å². The Hall–Kier alpha value is -2.87. The molecule has 2 heterocycles. The summed E-state index contributed by atoms with van der Waals surface area (Å²) in [5.74, 6) is 0.409. The van der Waals surface area contributed by atoms with Gasteiger partial charge in [-0.2, -0.15) is 0 Å². The van der Waals surface area contributed by atoms with E-state index in [2.05, 4.69) is 10.2 Å². The monoisotopic (exact) mass is 400 g/mol. The Kier molecular flexibility index (Phi) is 6.87. The van der Waals surface area contributed by atoms with E-state index in [1.54, 1.807) is 24.5 Å². The van der Waals surface area contributed by atoms with Crippen LogP contribution in [-0.4, -0.2) is 49.5 Å². The lowest BCUT2D eigenvalue weighted by Gasteiger charge is -2.23. The van der Waals surface area contributed by atoms with E-state index in [4.69, 9.17) is 4.42 Å². The van der Waals surface area contributed by atoms with Gasteiger partial charge in [0.05, 0.1) is 17.2 Å². The molecule has 1 fully saturated rings. The van der Waals surface area contributed by atoms with E-state index in [0.717, 1.165) is 44.5 Å². The fourth-order valence-electron chi connectivity index (χ4n) is 3.70. The number of carbonyl (C=O) groups excluding carboxylic acids is 1. The van der Waals surface area contributed by atoms with Crippen molar-refractivity contribution < 1.29 is 14.1 Å². The fourth-order valence-corrected chi connectivity index (χ4v) is 3.70. The molecule has 0 saturated carbocycles. The lowest BCUT2D eigenvalue weighted by atomic mass is 10.1. The van der Waals surface area contributed by atoms with Crippen molar-refractivity contribution in [2.45, 2.75) is 31.7 Å². The number of benzene rings is 1. The van der Waals surface area contributed by atoms with E-state index < -0.39 is 4.92 Å². The van der Waals surface area contributed by atoms with Crippen LogP contribution >= 0.6 is 0 Å². The van der Waals surface area contributed by atoms with Crippen molar-refractivity contribution in [1.82, 2.24) is 10.2 Å². The van der Waals surface area contributed by atoms with Crippen molar-refractivity contribution >= 4 is 17.3 Å². The first kappa shape index (κ1) is 20.9. The predicted octanol–water partition coefficient (Wildman–Crippen LogP) is 3.60. The molecule has 29 heavy (non-hydrogen) atoms. The number of rotatable bonds is 7. The molecule has 1 aliphatic heterocycles. The second-order valence-corrected chi connectivity index (χ2v) is 7.57. The molecule has 1 N–H and O–H groups in total. The number of likely N-dealkylation sites (N-methyl/N-ethyl adjacent to an activating group) is 1. The summed E-state index contributed by atoms with van der Waals surface area (Å²) in [6, 6.07) is 8.29. The molecule has 1 unspecified atom stereocenters. The van der Waals surface area contributed by atoms with E-state index in [9.17, 15) is 14.9 Å². The summed E-state index contributed by atoms with van der Waals surface area (Å²) in [7, 11) is 3.81. The number of amides is 1. The SMILES string of the molecule is CN(C)C(CNC(=O)c1ccc(N2CCCCCC2)c([N+](=O)[O-])c1)c1ccco1. The molecule has 156 valence electrons. The molecule has 8 heteroatoms. The van der Waals surface area contributed by atoms with Crippen LogP contribution in [-0.2, 0) is 0 Å². The summed E-state index contributed by atoms with van der Waals surface area (Å²) in [4.78, 5) is 27.9. The largest absolute Gasteiger partial charge is 0.468 e. The average molecular weight is 400 g/mol. The number of nitro benzene ring substituents is 1. The molecule has 1 atom stereocenters. The Morgan fingerprint density at radius 1 is 1.24 bits per heavy atom. The Balaban J connectivity index is 1.75. The summed E-state index contributed by atoms with van der Waals surface area (Å²) in [5, 5.41) is 14.5. The molecule has 0 radical (unpaired) electrons. The van der Waals surface area contributed by atoms with Crippen LogP contribution in [0.3, 0.4) is 0 Å². The zero-order valence-electron chi connectivity index (χ0n) is 17.0. The molecule has 0 spiro atoms. The zero-order valence-corrected chi connectivity index (χ0v) is 17.0. The van der Waals surface area contributed by atoms with E-state index in [1.165, 1.54) is 6.07 Å². The van der Waals surface area contributed by atoms with Gasteiger partial charge in [-0.3, -0.25) is 19.8 Å². The minimum absolute atomic E-state index is 0.0188. The Morgan fingerprint density at radius 3 is 2.55 bits per heavy atom. The standard InChI is InChI=1S/C21H28N4O4/c1-23(2)19(20-8-7-13-29-20)15-22-21(26)16-9-10-17(18(14-16)25(27)28)24-11-5-3-4-6-12-24/h7-10,13-14,19H,3-6,11-12,15H2,1-2H3,(H,22,26). The lowest BCUT2D eigenvalue weighted by molar-refractivity contribution is -0.384. The van der Waals surface area contributed by atoms with Crippen molar-refractivity contribution in [3.63, 3.8) is 0 Å². The first-order chi connectivity index (χ1) is 14.0. The maximum absolute atomic E-state index is 12.7. The highest BCUT2D eigenvalue weighted by Crippen LogP contribution is 2.31. The van der Waals surface area contributed by atoms with Crippen LogP contribution in [0.15, 0.2) is 41.0 Å². The van der Waals surface area contributed by atoms with Crippen LogP contribution in [0, 0.1) is 10.1 Å². The molecule has 0 bridgehead atoms. The molecule has 1 aromatic heterocycles. The normalized spacial score (nSPS) is 15.8. The zero-order chi connectivity index (χ0) is 20.8. The second kappa shape index (κ2) is 9.56. The van der Waals surface area contributed by atoms with Crippen LogP contribution in [0.2, 0.25) is 0 Å². The number of furan rings is 1. The van der Waals surface area contributed by atoms with Gasteiger partial charge in [-0.15, -0.1) is 0 Å². The second-order valence-electron chi connectivity index (χ2n) is 7.57. The number of hydrogen-bond donors (Lipinski definition) is 1. The van der Waals surface area contributed by atoms with E-state index in [1.807, 2.05) is 25.1 Å². The minimum Gasteiger partial charge on any atom is -0.468 e. The number of nitrogens with zero attached hydrogens (tertiary/aromatic N) is 3. The number of nitrogens with one attached hydrogen (secondary N) is 1. The molecule has 8 nitrogen and oxygen atoms in total. The molecule has 2 aromatic rings. The molecule has 1 saturated heterocycles. The van der Waals surface area contributed by atoms with Gasteiger partial charge in [-0.1, -0.05) is 12.8 Å². The number of hydrogen-bond acceptors (Lipinski definition) is 6. The third kappa shape index (κ3) is 5.14. The first-order valence-corrected chi connectivity index (χ1v) is 9.99. The fraction of sp³-hybridized carbons (Fsp3) is 0.476. The maximum atomic E-state index is 12.7. The first-order valence-electron chi connectivity index (χ1n) is 9.99. The highest BCUT2D eigenvalue weighted by atomic mass is 16.6. The van der Waals surface area contributed by atoms with E-state index in [-0.39, 0.29) is 23.2 Å². The summed E-state index contributed by atoms with van der Waals surface area (Å²) >= 11 is 0. The van der Waals surface area contributed by atoms with Crippen LogP contribution < -0.4 is 10.2 Å². The number of nitro groups is 1. The van der Waals surface area contributed by atoms with Gasteiger partial charge in [0.1, 0.15) is 11.4 Å². The van der Waals surface area contributed by atoms with Crippen molar-refractivity contribution in [2.24, 2.45) is 0 Å². The third-order valence-electron chi connectivity index (χ3n) is 5.33. The topological polar surface area (TPSA) is 91.9 Å². The minimum atomic E-state index is -0.400. The summed E-state index contributed by atoms with van der Waals surface area (Å²) in [6.45, 7) is 1.95. The summed E-state index contributed by atoms with van der Waals surface area (Å²) in [5.41, 5.74) is 0.858. The van der Waals surface area contributed by atoms with Gasteiger partial charge in [0.2, 0.25) is 0 Å². The average Bonchev–Trinajstić information content (AvgIpc) is 3.08. The predicted molar refractivity (Wildman–Crippen MR) is 111 cm³/mol. The van der Waals surface area contributed by atoms with Gasteiger partial charge in [0.15, 0.2) is 0 Å². The van der Waals surface area contributed by atoms with Crippen LogP contribution in [0.4, 0.5) is 11.4 Å². The Morgan fingerprint density at radius 2 is 1.97 bits per heavy atom. The van der Waals surface area contributed by atoms with Crippen molar-refractivity contribution in [2.75, 3.05) is 38.6 Å². The maximum Gasteiger partial charge on any atom is 0.293 e. The Bertz CT molecular complexity index is 827. The van der Waals surface area contributed by atoms with Crippen molar-refractivity contribution in [1.29, 1.82) is 0 Å². The number of anilines is 1. The molecule has 1 amide bonds. The Labute approximate surface area is 170 Å². The molecular weight excluding hydrogens is 372 g/mol. The van der Waals surface area contributed by atoms with Crippen LogP contribution in [0.25, 0.3) is 0 Å². The van der Waals surface area contributed by atoms with E-state index >= 15 is 0 Å². The van der Waals surface area contributed by atoms with Gasteiger partial charge in [0, 0.05) is 31.3 Å². The summed E-state index contributed by atoms with van der Waals surface area (Å²) < 4.78 is 5.45. The molecule has 0 aliphatic carbocycles. The van der Waals surface area contributed by atoms with Crippen molar-refractivity contribution in [3.8, 4) is 0 Å². The van der Waals surface area contributed by atoms with E-state index in [0.29, 0.717) is 12.2 Å². The van der Waals surface area contributed by atoms with Gasteiger partial charge in [-0.05, 0) is 51.2 Å². The van der Waals surface area contributed by atoms with Gasteiger partial charge in [-0.25, -0.2) is 0 Å². The van der Waals surface area contributed by atoms with Crippen LogP contribution in [0.1, 0.15) is 47.8 Å². The number of carbonyl (C=O) groups is 1. The smallest absolute Gasteiger partial charge is 0.293 e. The lowest BCUT2D eigenvalue weighted by Crippen LogP contribution is -2.34. The van der Waals surface area contributed by atoms with Crippen LogP contribution in [0.5, 0.6) is 0 Å². The highest BCUT2D eigenvalue weighted by Gasteiger charge is 2.24. The van der Waals surface area contributed by atoms with Gasteiger partial charge < -0.3 is 14.6 Å². The molecule has 1 aromatic carbocycles. The highest BCUT2D eigenvalue weighted by molar-refractivity contribution is 5.95.